The van der Waals surface area contributed by atoms with Crippen molar-refractivity contribution in [2.75, 3.05) is 6.54 Å². The molecule has 0 N–H and O–H groups in total. The van der Waals surface area contributed by atoms with E-state index in [4.69, 9.17) is 0 Å². The van der Waals surface area contributed by atoms with Gasteiger partial charge in [-0.2, -0.15) is 0 Å². The number of rotatable bonds is 7. The lowest BCUT2D eigenvalue weighted by atomic mass is 10.0. The van der Waals surface area contributed by atoms with Gasteiger partial charge in [-0.15, -0.1) is 0 Å². The maximum absolute atomic E-state index is 11.7. The number of likely N-dealkylation sites (tertiary alicyclic amines) is 2. The van der Waals surface area contributed by atoms with Crippen LogP contribution in [0, 0.1) is 0 Å². The lowest BCUT2D eigenvalue weighted by Gasteiger charge is -2.24. The molecule has 2 fully saturated rings. The highest BCUT2D eigenvalue weighted by Crippen LogP contribution is 2.20. The molecule has 0 saturated carbocycles. The first kappa shape index (κ1) is 16.3. The quantitative estimate of drug-likeness (QED) is 0.502. The summed E-state index contributed by atoms with van der Waals surface area (Å²) in [7, 11) is 0. The average molecular weight is 308 g/mol. The molecule has 2 rings (SSSR count). The lowest BCUT2D eigenvalue weighted by Crippen LogP contribution is -2.43. The van der Waals surface area contributed by atoms with Gasteiger partial charge in [-0.25, -0.2) is 0 Å². The standard InChI is InChI=1S/C15H20N2O5/c1-10(18)11(17-14(21)7-8-15(17)22)4-2-3-9-16-12(19)5-6-13(16)20/h11H,2-9H2,1H3/t11-/m0/s1. The zero-order chi connectivity index (χ0) is 16.3. The van der Waals surface area contributed by atoms with Crippen molar-refractivity contribution in [3.8, 4) is 0 Å². The molecule has 0 unspecified atom stereocenters. The van der Waals surface area contributed by atoms with Gasteiger partial charge in [-0.3, -0.25) is 33.8 Å². The van der Waals surface area contributed by atoms with E-state index in [1.54, 1.807) is 0 Å². The number of hydrogen-bond acceptors (Lipinski definition) is 5. The van der Waals surface area contributed by atoms with Crippen LogP contribution < -0.4 is 0 Å². The van der Waals surface area contributed by atoms with E-state index in [1.165, 1.54) is 11.8 Å². The van der Waals surface area contributed by atoms with Crippen LogP contribution in [0.25, 0.3) is 0 Å². The third-order valence-corrected chi connectivity index (χ3v) is 4.14. The van der Waals surface area contributed by atoms with E-state index in [0.717, 1.165) is 4.90 Å². The Kier molecular flexibility index (Phi) is 5.05. The maximum Gasteiger partial charge on any atom is 0.230 e. The Balaban J connectivity index is 1.84. The molecule has 0 aliphatic carbocycles. The van der Waals surface area contributed by atoms with Gasteiger partial charge < -0.3 is 0 Å². The average Bonchev–Trinajstić information content (AvgIpc) is 2.95. The minimum Gasteiger partial charge on any atom is -0.298 e. The number of imide groups is 2. The van der Waals surface area contributed by atoms with Crippen molar-refractivity contribution in [2.24, 2.45) is 0 Å². The highest BCUT2D eigenvalue weighted by Gasteiger charge is 2.37. The number of amides is 4. The van der Waals surface area contributed by atoms with Gasteiger partial charge in [-0.1, -0.05) is 0 Å². The van der Waals surface area contributed by atoms with E-state index in [-0.39, 0.29) is 55.1 Å². The van der Waals surface area contributed by atoms with Gasteiger partial charge >= 0.3 is 0 Å². The first-order valence-electron chi connectivity index (χ1n) is 7.60. The number of Topliss-reactive ketones (excluding diaryl/α,β-unsaturated/α-hetero) is 1. The molecule has 2 aliphatic heterocycles. The summed E-state index contributed by atoms with van der Waals surface area (Å²) in [6.07, 6.45) is 2.38. The second-order valence-electron chi connectivity index (χ2n) is 5.72. The molecule has 0 aromatic rings. The summed E-state index contributed by atoms with van der Waals surface area (Å²) < 4.78 is 0. The van der Waals surface area contributed by atoms with Crippen LogP contribution in [0.3, 0.4) is 0 Å². The minimum absolute atomic E-state index is 0.155. The minimum atomic E-state index is -0.715. The SMILES string of the molecule is CC(=O)[C@H](CCCCN1C(=O)CCC1=O)N1C(=O)CCC1=O. The summed E-state index contributed by atoms with van der Waals surface area (Å²) in [4.78, 5) is 60.4. The van der Waals surface area contributed by atoms with Gasteiger partial charge in [-0.05, 0) is 26.2 Å². The Morgan fingerprint density at radius 3 is 1.91 bits per heavy atom. The Morgan fingerprint density at radius 2 is 1.41 bits per heavy atom. The molecule has 4 amide bonds. The second kappa shape index (κ2) is 6.81. The molecule has 0 radical (unpaired) electrons. The number of nitrogens with zero attached hydrogens (tertiary/aromatic N) is 2. The fourth-order valence-corrected chi connectivity index (χ4v) is 2.94. The summed E-state index contributed by atoms with van der Waals surface area (Å²) >= 11 is 0. The molecule has 7 nitrogen and oxygen atoms in total. The van der Waals surface area contributed by atoms with Gasteiger partial charge in [0, 0.05) is 32.2 Å². The molecule has 2 heterocycles. The van der Waals surface area contributed by atoms with Crippen LogP contribution in [-0.4, -0.2) is 51.8 Å². The number of carbonyl (C=O) groups excluding carboxylic acids is 5. The molecule has 7 heteroatoms. The highest BCUT2D eigenvalue weighted by molar-refractivity contribution is 6.05. The third-order valence-electron chi connectivity index (χ3n) is 4.14. The van der Waals surface area contributed by atoms with Crippen molar-refractivity contribution in [2.45, 2.75) is 57.9 Å². The van der Waals surface area contributed by atoms with Gasteiger partial charge in [0.25, 0.3) is 0 Å². The molecule has 0 bridgehead atoms. The summed E-state index contributed by atoms with van der Waals surface area (Å²) in [5, 5.41) is 0. The molecule has 0 aromatic heterocycles. The Hall–Kier alpha value is -2.05. The second-order valence-corrected chi connectivity index (χ2v) is 5.72. The number of unbranched alkanes of at least 4 members (excludes halogenated alkanes) is 1. The zero-order valence-electron chi connectivity index (χ0n) is 12.7. The van der Waals surface area contributed by atoms with Gasteiger partial charge in [0.2, 0.25) is 23.6 Å². The molecule has 2 saturated heterocycles. The number of ketones is 1. The van der Waals surface area contributed by atoms with Crippen molar-refractivity contribution in [1.29, 1.82) is 0 Å². The first-order valence-corrected chi connectivity index (χ1v) is 7.60. The molecule has 0 spiro atoms. The molecule has 120 valence electrons. The van der Waals surface area contributed by atoms with Crippen LogP contribution >= 0.6 is 0 Å². The van der Waals surface area contributed by atoms with Crippen LogP contribution in [0.4, 0.5) is 0 Å². The highest BCUT2D eigenvalue weighted by atomic mass is 16.2. The number of carbonyl (C=O) groups is 5. The fourth-order valence-electron chi connectivity index (χ4n) is 2.94. The Labute approximate surface area is 128 Å². The summed E-state index contributed by atoms with van der Waals surface area (Å²) in [5.41, 5.74) is 0. The van der Waals surface area contributed by atoms with Crippen LogP contribution in [-0.2, 0) is 24.0 Å². The normalized spacial score (nSPS) is 20.2. The van der Waals surface area contributed by atoms with Crippen molar-refractivity contribution in [3.05, 3.63) is 0 Å². The molecular weight excluding hydrogens is 288 g/mol. The zero-order valence-corrected chi connectivity index (χ0v) is 12.7. The molecular formula is C15H20N2O5. The first-order chi connectivity index (χ1) is 10.4. The van der Waals surface area contributed by atoms with E-state index < -0.39 is 6.04 Å². The number of hydrogen-bond donors (Lipinski definition) is 0. The van der Waals surface area contributed by atoms with Gasteiger partial charge in [0.05, 0.1) is 6.04 Å². The fraction of sp³-hybridized carbons (Fsp3) is 0.667. The predicted octanol–water partition coefficient (Wildman–Crippen LogP) is 0.412. The van der Waals surface area contributed by atoms with Crippen LogP contribution in [0.1, 0.15) is 51.9 Å². The largest absolute Gasteiger partial charge is 0.298 e. The smallest absolute Gasteiger partial charge is 0.230 e. The third kappa shape index (κ3) is 3.40. The summed E-state index contributed by atoms with van der Waals surface area (Å²) in [6.45, 7) is 1.71. The lowest BCUT2D eigenvalue weighted by molar-refractivity contribution is -0.145. The Morgan fingerprint density at radius 1 is 0.909 bits per heavy atom. The molecule has 22 heavy (non-hydrogen) atoms. The van der Waals surface area contributed by atoms with E-state index in [2.05, 4.69) is 0 Å². The predicted molar refractivity (Wildman–Crippen MR) is 75.4 cm³/mol. The van der Waals surface area contributed by atoms with E-state index in [9.17, 15) is 24.0 Å². The molecule has 0 aromatic carbocycles. The van der Waals surface area contributed by atoms with Crippen molar-refractivity contribution in [3.63, 3.8) is 0 Å². The van der Waals surface area contributed by atoms with E-state index in [0.29, 0.717) is 25.8 Å². The van der Waals surface area contributed by atoms with Crippen molar-refractivity contribution in [1.82, 2.24) is 9.80 Å². The summed E-state index contributed by atoms with van der Waals surface area (Å²) in [5.74, 6) is -1.11. The Bertz CT molecular complexity index is 496. The van der Waals surface area contributed by atoms with E-state index in [1.807, 2.05) is 0 Å². The monoisotopic (exact) mass is 308 g/mol. The van der Waals surface area contributed by atoms with Gasteiger partial charge in [0.15, 0.2) is 5.78 Å². The van der Waals surface area contributed by atoms with E-state index >= 15 is 0 Å². The van der Waals surface area contributed by atoms with Crippen LogP contribution in [0.5, 0.6) is 0 Å². The van der Waals surface area contributed by atoms with Crippen molar-refractivity contribution >= 4 is 29.4 Å². The molecule has 2 aliphatic rings. The van der Waals surface area contributed by atoms with Crippen LogP contribution in [0.15, 0.2) is 0 Å². The topological polar surface area (TPSA) is 91.8 Å². The van der Waals surface area contributed by atoms with Gasteiger partial charge in [0.1, 0.15) is 0 Å². The maximum atomic E-state index is 11.7. The molecule has 1 atom stereocenters. The summed E-state index contributed by atoms with van der Waals surface area (Å²) in [6, 6.07) is -0.715. The van der Waals surface area contributed by atoms with Crippen molar-refractivity contribution < 1.29 is 24.0 Å². The van der Waals surface area contributed by atoms with Crippen LogP contribution in [0.2, 0.25) is 0 Å².